The number of fused-ring (bicyclic) bond motifs is 3. The molecule has 70 heavy (non-hydrogen) atoms. The lowest BCUT2D eigenvalue weighted by molar-refractivity contribution is -0.346. The first-order valence-electron chi connectivity index (χ1n) is 26.8. The van der Waals surface area contributed by atoms with Crippen LogP contribution in [0.15, 0.2) is 23.3 Å². The number of carbonyl (C=O) groups is 3. The van der Waals surface area contributed by atoms with Gasteiger partial charge in [-0.1, -0.05) is 87.0 Å². The fraction of sp³-hybridized carbons (Fsp3) is 0.873. The second-order valence-electron chi connectivity index (χ2n) is 25.0. The van der Waals surface area contributed by atoms with Crippen molar-refractivity contribution in [2.45, 2.75) is 251 Å². The summed E-state index contributed by atoms with van der Waals surface area (Å²) in [4.78, 5) is 45.9. The predicted octanol–water partition coefficient (Wildman–Crippen LogP) is 10.3. The van der Waals surface area contributed by atoms with Crippen molar-refractivity contribution in [3.63, 3.8) is 0 Å². The van der Waals surface area contributed by atoms with Crippen molar-refractivity contribution in [3.05, 3.63) is 23.3 Å². The smallest absolute Gasteiger partial charge is 0.329 e. The molecule has 0 spiro atoms. The lowest BCUT2D eigenvalue weighted by Crippen LogP contribution is -2.66. The van der Waals surface area contributed by atoms with Crippen molar-refractivity contribution in [2.24, 2.45) is 29.6 Å². The molecular weight excluding hydrogens is 923 g/mol. The fourth-order valence-corrected chi connectivity index (χ4v) is 13.7. The van der Waals surface area contributed by atoms with Crippen molar-refractivity contribution >= 4 is 34.3 Å². The van der Waals surface area contributed by atoms with Gasteiger partial charge in [-0.15, -0.1) is 0 Å². The SMILES string of the molecule is CC[C@@H]1/C=C(\C)C[C@H](C)C[C@H](OC)[C@H]2O[C@](O)([C@H](C)C[C@@H]2OC)[C@@H](O)C(=O)N2CCCC[C@H]2C(=O)O[C@H](/C(C)=C/[C@@H]2CC[C@@H](O[Si](C)(C)C(C)(C)C)[C@H](OC)C2)[C@H](C)[C@@H](O[Si](C)(C)C(C)(C)C)CC1=O. The predicted molar refractivity (Wildman–Crippen MR) is 281 cm³/mol. The van der Waals surface area contributed by atoms with Gasteiger partial charge in [0, 0.05) is 52.0 Å². The molecule has 2 saturated heterocycles. The molecule has 1 amide bonds. The van der Waals surface area contributed by atoms with E-state index < -0.39 is 88.8 Å². The molecule has 13 nitrogen and oxygen atoms in total. The van der Waals surface area contributed by atoms with E-state index in [-0.39, 0.29) is 58.8 Å². The number of hydrogen-bond donors (Lipinski definition) is 2. The minimum Gasteiger partial charge on any atom is -0.456 e. The maximum Gasteiger partial charge on any atom is 0.329 e. The Morgan fingerprint density at radius 3 is 1.94 bits per heavy atom. The Bertz CT molecular complexity index is 1810. The van der Waals surface area contributed by atoms with E-state index in [2.05, 4.69) is 93.7 Å². The Morgan fingerprint density at radius 2 is 1.39 bits per heavy atom. The van der Waals surface area contributed by atoms with Crippen LogP contribution >= 0.6 is 0 Å². The van der Waals surface area contributed by atoms with Crippen molar-refractivity contribution < 1.29 is 57.1 Å². The highest BCUT2D eigenvalue weighted by molar-refractivity contribution is 6.74. The molecule has 1 saturated carbocycles. The molecule has 0 unspecified atom stereocenters. The summed E-state index contributed by atoms with van der Waals surface area (Å²) in [5, 5.41) is 24.3. The second kappa shape index (κ2) is 24.7. The number of ether oxygens (including phenoxy) is 5. The molecule has 0 aromatic carbocycles. The van der Waals surface area contributed by atoms with E-state index in [9.17, 15) is 19.8 Å². The number of methoxy groups -OCH3 is 3. The Hall–Kier alpha value is -1.80. The zero-order valence-corrected chi connectivity index (χ0v) is 49.1. The van der Waals surface area contributed by atoms with Crippen LogP contribution in [-0.2, 0) is 46.9 Å². The van der Waals surface area contributed by atoms with Gasteiger partial charge >= 0.3 is 5.97 Å². The minimum absolute atomic E-state index is 0.0264. The summed E-state index contributed by atoms with van der Waals surface area (Å²) in [6, 6.07) is -1.04. The van der Waals surface area contributed by atoms with E-state index in [1.807, 2.05) is 20.8 Å². The summed E-state index contributed by atoms with van der Waals surface area (Å²) in [6.45, 7) is 34.4. The van der Waals surface area contributed by atoms with Crippen LogP contribution in [0.5, 0.6) is 0 Å². The van der Waals surface area contributed by atoms with Crippen LogP contribution in [0.25, 0.3) is 0 Å². The summed E-state index contributed by atoms with van der Waals surface area (Å²) in [5.74, 6) is -5.00. The number of carbonyl (C=O) groups excluding carboxylic acids is 3. The summed E-state index contributed by atoms with van der Waals surface area (Å²) < 4.78 is 45.6. The molecule has 3 fully saturated rings. The number of piperidine rings is 1. The fourth-order valence-electron chi connectivity index (χ4n) is 10.9. The summed E-state index contributed by atoms with van der Waals surface area (Å²) in [6.07, 6.45) is 5.13. The highest BCUT2D eigenvalue weighted by Crippen LogP contribution is 2.44. The van der Waals surface area contributed by atoms with E-state index in [1.165, 1.54) is 4.90 Å². The number of cyclic esters (lactones) is 1. The first kappa shape index (κ1) is 60.8. The van der Waals surface area contributed by atoms with Crippen LogP contribution in [0, 0.1) is 29.6 Å². The van der Waals surface area contributed by atoms with Crippen LogP contribution in [0.1, 0.15) is 154 Å². The van der Waals surface area contributed by atoms with Gasteiger partial charge in [0.2, 0.25) is 5.79 Å². The molecular formula is C55H99NO12Si2. The van der Waals surface area contributed by atoms with Gasteiger partial charge in [0.05, 0.1) is 30.5 Å². The van der Waals surface area contributed by atoms with Gasteiger partial charge in [-0.25, -0.2) is 4.79 Å². The zero-order chi connectivity index (χ0) is 52.9. The van der Waals surface area contributed by atoms with Crippen molar-refractivity contribution in [1.29, 1.82) is 0 Å². The van der Waals surface area contributed by atoms with Crippen molar-refractivity contribution in [1.82, 2.24) is 4.90 Å². The summed E-state index contributed by atoms with van der Waals surface area (Å²) in [5.41, 5.74) is 1.92. The third-order valence-electron chi connectivity index (χ3n) is 17.5. The Morgan fingerprint density at radius 1 is 0.814 bits per heavy atom. The average Bonchev–Trinajstić information content (AvgIpc) is 3.27. The lowest BCUT2D eigenvalue weighted by Gasteiger charge is -2.49. The number of ketones is 1. The standard InChI is InChI=1S/C55H99NO12Si2/c1-20-40-28-34(2)27-35(3)29-46(63-14)49-47(64-15)31-37(5)55(61,66-49)50(58)51(59)56-26-22-21-23-41(56)52(60)65-48(38(6)44(33-42(40)57)68-70(18,19)54(10,11)12)36(4)30-39-24-25-43(45(32-39)62-13)67-69(16,17)53(7,8)9/h28,30,35,37-41,43-50,58,61H,20-27,29,31-33H2,1-19H3/b34-28+,36-30+/t35-,37+,38+,39-,40+,41-,43+,44-,45+,46-,47-,48+,49+,50-,55+/m0/s1. The molecule has 2 N–H and O–H groups in total. The third-order valence-corrected chi connectivity index (χ3v) is 26.5. The molecule has 3 heterocycles. The van der Waals surface area contributed by atoms with Gasteiger partial charge < -0.3 is 47.6 Å². The Balaban J connectivity index is 1.87. The van der Waals surface area contributed by atoms with Crippen LogP contribution in [-0.4, -0.2) is 138 Å². The molecule has 4 aliphatic rings. The van der Waals surface area contributed by atoms with Gasteiger partial charge in [0.25, 0.3) is 5.91 Å². The van der Waals surface area contributed by atoms with E-state index in [0.29, 0.717) is 44.9 Å². The van der Waals surface area contributed by atoms with Gasteiger partial charge in [-0.3, -0.25) is 9.59 Å². The van der Waals surface area contributed by atoms with Crippen molar-refractivity contribution in [2.75, 3.05) is 27.9 Å². The van der Waals surface area contributed by atoms with Crippen LogP contribution in [0.3, 0.4) is 0 Å². The molecule has 15 atom stereocenters. The summed E-state index contributed by atoms with van der Waals surface area (Å²) in [7, 11) is 0.326. The van der Waals surface area contributed by atoms with E-state index in [4.69, 9.17) is 32.5 Å². The maximum atomic E-state index is 15.0. The number of nitrogens with zero attached hydrogens (tertiary/aromatic N) is 1. The number of rotatable bonds is 10. The quantitative estimate of drug-likeness (QED) is 0.121. The highest BCUT2D eigenvalue weighted by Gasteiger charge is 2.57. The number of esters is 1. The van der Waals surface area contributed by atoms with E-state index >= 15 is 4.79 Å². The first-order chi connectivity index (χ1) is 32.4. The lowest BCUT2D eigenvalue weighted by atomic mass is 9.81. The molecule has 1 aliphatic carbocycles. The molecule has 15 heteroatoms. The van der Waals surface area contributed by atoms with Crippen molar-refractivity contribution in [3.8, 4) is 0 Å². The van der Waals surface area contributed by atoms with E-state index in [0.717, 1.165) is 30.4 Å². The minimum atomic E-state index is -2.53. The molecule has 0 aromatic heterocycles. The highest BCUT2D eigenvalue weighted by atomic mass is 28.4. The zero-order valence-electron chi connectivity index (χ0n) is 47.1. The number of allylic oxidation sites excluding steroid dienone is 3. The normalized spacial score (nSPS) is 37.7. The second-order valence-corrected chi connectivity index (χ2v) is 34.5. The largest absolute Gasteiger partial charge is 0.456 e. The monoisotopic (exact) mass is 1020 g/mol. The first-order valence-corrected chi connectivity index (χ1v) is 32.6. The van der Waals surface area contributed by atoms with Gasteiger partial charge in [-0.05, 0) is 132 Å². The molecule has 0 radical (unpaired) electrons. The third kappa shape index (κ3) is 14.5. The average molecular weight is 1020 g/mol. The number of Topliss-reactive ketones (excluding diaryl/α,β-unsaturated/α-hetero) is 1. The topological polar surface area (TPSA) is 160 Å². The van der Waals surface area contributed by atoms with Crippen LogP contribution < -0.4 is 0 Å². The van der Waals surface area contributed by atoms with Gasteiger partial charge in [0.1, 0.15) is 24.0 Å². The maximum absolute atomic E-state index is 15.0. The van der Waals surface area contributed by atoms with Gasteiger partial charge in [-0.2, -0.15) is 0 Å². The molecule has 4 rings (SSSR count). The van der Waals surface area contributed by atoms with E-state index in [1.54, 1.807) is 28.3 Å². The Labute approximate surface area is 426 Å². The molecule has 2 bridgehead atoms. The summed E-state index contributed by atoms with van der Waals surface area (Å²) >= 11 is 0. The number of aliphatic hydroxyl groups excluding tert-OH is 1. The van der Waals surface area contributed by atoms with Crippen LogP contribution in [0.2, 0.25) is 36.3 Å². The van der Waals surface area contributed by atoms with Crippen LogP contribution in [0.4, 0.5) is 0 Å². The number of amides is 1. The Kier molecular flexibility index (Phi) is 21.4. The number of aliphatic hydroxyl groups is 2. The number of hydrogen-bond acceptors (Lipinski definition) is 12. The van der Waals surface area contributed by atoms with Gasteiger partial charge in [0.15, 0.2) is 22.7 Å². The molecule has 404 valence electrons. The molecule has 0 aromatic rings. The molecule has 3 aliphatic heterocycles.